The molecule has 36 heavy (non-hydrogen) atoms. The first-order chi connectivity index (χ1) is 17.3. The molecule has 0 radical (unpaired) electrons. The highest BCUT2D eigenvalue weighted by Crippen LogP contribution is 2.36. The number of carbonyl (C=O) groups excluding carboxylic acids is 1. The third-order valence-electron chi connectivity index (χ3n) is 5.94. The number of aromatic nitrogens is 3. The van der Waals surface area contributed by atoms with E-state index >= 15 is 0 Å². The Labute approximate surface area is 205 Å². The number of aromatic amines is 1. The number of ether oxygens (including phenoxy) is 1. The largest absolute Gasteiger partial charge is 0.507 e. The smallest absolute Gasteiger partial charge is 0.306 e. The maximum Gasteiger partial charge on any atom is 0.306 e. The summed E-state index contributed by atoms with van der Waals surface area (Å²) in [7, 11) is 1.23. The topological polar surface area (TPSA) is 153 Å². The number of rotatable bonds is 9. The number of methoxy groups -OCH3 is 1. The summed E-state index contributed by atoms with van der Waals surface area (Å²) in [6, 6.07) is 10.6. The van der Waals surface area contributed by atoms with Crippen LogP contribution in [0.25, 0.3) is 11.3 Å². The van der Waals surface area contributed by atoms with Crippen molar-refractivity contribution in [3.05, 3.63) is 98.2 Å². The molecule has 0 spiro atoms. The Morgan fingerprint density at radius 2 is 2.11 bits per heavy atom. The van der Waals surface area contributed by atoms with Crippen molar-refractivity contribution in [2.45, 2.75) is 32.2 Å². The van der Waals surface area contributed by atoms with E-state index in [0.29, 0.717) is 30.0 Å². The zero-order valence-corrected chi connectivity index (χ0v) is 19.6. The van der Waals surface area contributed by atoms with Crippen LogP contribution in [-0.4, -0.2) is 37.6 Å². The Morgan fingerprint density at radius 1 is 1.31 bits per heavy atom. The number of non-ortho nitro benzene ring substituents is 1. The van der Waals surface area contributed by atoms with Crippen molar-refractivity contribution in [3.63, 3.8) is 0 Å². The normalized spacial score (nSPS) is 11.8. The molecule has 4 aromatic rings. The third-order valence-corrected chi connectivity index (χ3v) is 5.94. The van der Waals surface area contributed by atoms with Crippen LogP contribution in [-0.2, 0) is 22.5 Å². The molecule has 186 valence electrons. The zero-order valence-electron chi connectivity index (χ0n) is 19.6. The van der Waals surface area contributed by atoms with E-state index in [4.69, 9.17) is 9.15 Å². The second kappa shape index (κ2) is 10.3. The van der Waals surface area contributed by atoms with Gasteiger partial charge in [-0.25, -0.2) is 4.98 Å². The highest BCUT2D eigenvalue weighted by Gasteiger charge is 2.29. The van der Waals surface area contributed by atoms with Crippen LogP contribution in [0.1, 0.15) is 35.1 Å². The number of hydrogen-bond donors (Lipinski definition) is 2. The summed E-state index contributed by atoms with van der Waals surface area (Å²) in [5.41, 5.74) is 1.28. The first-order valence-electron chi connectivity index (χ1n) is 11.1. The molecule has 0 bridgehead atoms. The van der Waals surface area contributed by atoms with Crippen molar-refractivity contribution in [2.24, 2.45) is 0 Å². The van der Waals surface area contributed by atoms with Gasteiger partial charge in [-0.3, -0.25) is 19.7 Å². The lowest BCUT2D eigenvalue weighted by molar-refractivity contribution is -0.384. The second-order valence-electron chi connectivity index (χ2n) is 8.21. The standard InChI is InChI=1S/C25H24N4O7/c1-15-10-20(30)24(25(32)28(15)9-8-17-13-26-14-27-17)19(12-23(31)35-2)22-7-6-21(36-22)16-4-3-5-18(11-16)29(33)34/h3-7,10-11,13-14,19,30H,8-9,12H2,1-2H3,(H,26,27)/t19-/m0/s1. The SMILES string of the molecule is COC(=O)C[C@@H](c1ccc(-c2cccc([N+](=O)[O-])c2)o1)c1c(O)cc(C)n(CCc2cnc[nH]2)c1=O. The molecular weight excluding hydrogens is 468 g/mol. The molecule has 11 nitrogen and oxygen atoms in total. The van der Waals surface area contributed by atoms with Crippen LogP contribution in [0.15, 0.2) is 64.2 Å². The maximum absolute atomic E-state index is 13.6. The molecule has 0 saturated heterocycles. The lowest BCUT2D eigenvalue weighted by Crippen LogP contribution is -2.29. The molecule has 0 aliphatic rings. The second-order valence-corrected chi connectivity index (χ2v) is 8.21. The molecule has 1 aromatic carbocycles. The van der Waals surface area contributed by atoms with Gasteiger partial charge in [0.05, 0.1) is 36.3 Å². The van der Waals surface area contributed by atoms with E-state index in [1.54, 1.807) is 37.6 Å². The number of nitro benzene ring substituents is 1. The predicted octanol–water partition coefficient (Wildman–Crippen LogP) is 3.69. The van der Waals surface area contributed by atoms with Gasteiger partial charge in [0.25, 0.3) is 11.2 Å². The number of nitrogens with zero attached hydrogens (tertiary/aromatic N) is 3. The average Bonchev–Trinajstić information content (AvgIpc) is 3.55. The minimum Gasteiger partial charge on any atom is -0.507 e. The van der Waals surface area contributed by atoms with E-state index in [2.05, 4.69) is 9.97 Å². The molecular formula is C25H24N4O7. The summed E-state index contributed by atoms with van der Waals surface area (Å²) in [5.74, 6) is -1.27. The van der Waals surface area contributed by atoms with Gasteiger partial charge in [-0.05, 0) is 25.1 Å². The molecule has 3 heterocycles. The monoisotopic (exact) mass is 492 g/mol. The number of furan rings is 1. The zero-order chi connectivity index (χ0) is 25.8. The molecule has 0 amide bonds. The number of hydrogen-bond acceptors (Lipinski definition) is 8. The quantitative estimate of drug-likeness (QED) is 0.204. The van der Waals surface area contributed by atoms with E-state index < -0.39 is 22.4 Å². The van der Waals surface area contributed by atoms with E-state index in [0.717, 1.165) is 5.69 Å². The Kier molecular flexibility index (Phi) is 7.00. The van der Waals surface area contributed by atoms with E-state index in [1.165, 1.54) is 35.9 Å². The molecule has 2 N–H and O–H groups in total. The average molecular weight is 492 g/mol. The Bertz CT molecular complexity index is 1450. The van der Waals surface area contributed by atoms with Gasteiger partial charge in [-0.1, -0.05) is 12.1 Å². The Morgan fingerprint density at radius 3 is 2.81 bits per heavy atom. The number of nitro groups is 1. The molecule has 0 aliphatic heterocycles. The number of pyridine rings is 1. The fourth-order valence-electron chi connectivity index (χ4n) is 4.09. The van der Waals surface area contributed by atoms with Gasteiger partial charge >= 0.3 is 5.97 Å². The summed E-state index contributed by atoms with van der Waals surface area (Å²) >= 11 is 0. The van der Waals surface area contributed by atoms with E-state index in [-0.39, 0.29) is 29.2 Å². The summed E-state index contributed by atoms with van der Waals surface area (Å²) < 4.78 is 12.3. The lowest BCUT2D eigenvalue weighted by Gasteiger charge is -2.18. The summed E-state index contributed by atoms with van der Waals surface area (Å²) in [5, 5.41) is 21.9. The summed E-state index contributed by atoms with van der Waals surface area (Å²) in [6.07, 6.45) is 3.46. The molecule has 0 unspecified atom stereocenters. The van der Waals surface area contributed by atoms with Gasteiger partial charge in [-0.2, -0.15) is 0 Å². The van der Waals surface area contributed by atoms with Crippen LogP contribution in [0.4, 0.5) is 5.69 Å². The van der Waals surface area contributed by atoms with Crippen LogP contribution < -0.4 is 5.56 Å². The molecule has 0 saturated carbocycles. The molecule has 4 rings (SSSR count). The van der Waals surface area contributed by atoms with Gasteiger partial charge < -0.3 is 23.8 Å². The van der Waals surface area contributed by atoms with Gasteiger partial charge in [0.15, 0.2) is 0 Å². The number of carbonyl (C=O) groups is 1. The summed E-state index contributed by atoms with van der Waals surface area (Å²) in [4.78, 5) is 43.5. The number of nitrogens with one attached hydrogen (secondary N) is 1. The predicted molar refractivity (Wildman–Crippen MR) is 129 cm³/mol. The summed E-state index contributed by atoms with van der Waals surface area (Å²) in [6.45, 7) is 2.03. The Hall–Kier alpha value is -4.67. The number of imidazole rings is 1. The van der Waals surface area contributed by atoms with E-state index in [1.807, 2.05) is 0 Å². The van der Waals surface area contributed by atoms with Crippen LogP contribution in [0.3, 0.4) is 0 Å². The number of benzene rings is 1. The van der Waals surface area contributed by atoms with E-state index in [9.17, 15) is 24.8 Å². The molecule has 0 fully saturated rings. The van der Waals surface area contributed by atoms with Crippen molar-refractivity contribution in [2.75, 3.05) is 7.11 Å². The van der Waals surface area contributed by atoms with Crippen molar-refractivity contribution < 1.29 is 24.0 Å². The highest BCUT2D eigenvalue weighted by atomic mass is 16.6. The van der Waals surface area contributed by atoms with Crippen molar-refractivity contribution in [3.8, 4) is 17.1 Å². The minimum absolute atomic E-state index is 0.00412. The minimum atomic E-state index is -0.948. The Balaban J connectivity index is 1.76. The first-order valence-corrected chi connectivity index (χ1v) is 11.1. The molecule has 3 aromatic heterocycles. The van der Waals surface area contributed by atoms with Crippen molar-refractivity contribution in [1.29, 1.82) is 0 Å². The maximum atomic E-state index is 13.6. The highest BCUT2D eigenvalue weighted by molar-refractivity contribution is 5.71. The van der Waals surface area contributed by atoms with Gasteiger partial charge in [0.1, 0.15) is 17.3 Å². The first kappa shape index (κ1) is 24.5. The fraction of sp³-hybridized carbons (Fsp3) is 0.240. The van der Waals surface area contributed by atoms with Crippen LogP contribution in [0.2, 0.25) is 0 Å². The molecule has 11 heteroatoms. The van der Waals surface area contributed by atoms with Crippen molar-refractivity contribution >= 4 is 11.7 Å². The molecule has 0 aliphatic carbocycles. The van der Waals surface area contributed by atoms with Crippen molar-refractivity contribution in [1.82, 2.24) is 14.5 Å². The number of aromatic hydroxyl groups is 1. The number of aryl methyl sites for hydroxylation is 2. The molecule has 1 atom stereocenters. The lowest BCUT2D eigenvalue weighted by atomic mass is 9.93. The third kappa shape index (κ3) is 5.04. The van der Waals surface area contributed by atoms with Crippen LogP contribution in [0, 0.1) is 17.0 Å². The van der Waals surface area contributed by atoms with Crippen LogP contribution in [0.5, 0.6) is 5.75 Å². The number of H-pyrrole nitrogens is 1. The van der Waals surface area contributed by atoms with Gasteiger partial charge in [-0.15, -0.1) is 0 Å². The van der Waals surface area contributed by atoms with Crippen LogP contribution >= 0.6 is 0 Å². The van der Waals surface area contributed by atoms with Gasteiger partial charge in [0.2, 0.25) is 0 Å². The number of esters is 1. The van der Waals surface area contributed by atoms with Gasteiger partial charge in [0, 0.05) is 48.2 Å². The fourth-order valence-corrected chi connectivity index (χ4v) is 4.09.